The lowest BCUT2D eigenvalue weighted by atomic mass is 10.7. The summed E-state index contributed by atoms with van der Waals surface area (Å²) >= 11 is 10.1. The zero-order valence-corrected chi connectivity index (χ0v) is 16.3. The van der Waals surface area contributed by atoms with Crippen LogP contribution in [-0.2, 0) is 9.47 Å². The fraction of sp³-hybridized carbons (Fsp3) is 0.500. The summed E-state index contributed by atoms with van der Waals surface area (Å²) in [5.41, 5.74) is 0. The van der Waals surface area contributed by atoms with E-state index in [1.54, 1.807) is 70.6 Å². The van der Waals surface area contributed by atoms with Gasteiger partial charge in [-0.3, -0.25) is 0 Å². The van der Waals surface area contributed by atoms with Crippen LogP contribution in [0.5, 0.6) is 0 Å². The van der Waals surface area contributed by atoms with E-state index in [9.17, 15) is 0 Å². The van der Waals surface area contributed by atoms with Gasteiger partial charge in [-0.1, -0.05) is 23.5 Å². The van der Waals surface area contributed by atoms with Gasteiger partial charge in [0.1, 0.15) is 13.2 Å². The molecule has 0 aromatic rings. The van der Waals surface area contributed by atoms with E-state index >= 15 is 0 Å². The normalized spacial score (nSPS) is 21.4. The molecule has 3 aliphatic rings. The molecule has 3 heterocycles. The molecule has 0 aromatic heterocycles. The predicted molar refractivity (Wildman–Crippen MR) is 102 cm³/mol. The number of ether oxygens (including phenoxy) is 2. The van der Waals surface area contributed by atoms with E-state index in [0.717, 1.165) is 10.2 Å². The number of aliphatic hydroxyl groups is 2. The summed E-state index contributed by atoms with van der Waals surface area (Å²) < 4.78 is 16.1. The van der Waals surface area contributed by atoms with Crippen molar-refractivity contribution < 1.29 is 19.7 Å². The van der Waals surface area contributed by atoms with Crippen molar-refractivity contribution in [2.75, 3.05) is 37.9 Å². The van der Waals surface area contributed by atoms with Gasteiger partial charge in [-0.25, -0.2) is 0 Å². The fourth-order valence-electron chi connectivity index (χ4n) is 1.61. The highest BCUT2D eigenvalue weighted by atomic mass is 32.3. The van der Waals surface area contributed by atoms with Crippen molar-refractivity contribution in [2.45, 2.75) is 0 Å². The summed E-state index contributed by atoms with van der Waals surface area (Å²) in [6.07, 6.45) is 0. The quantitative estimate of drug-likeness (QED) is 0.670. The molecule has 0 saturated carbocycles. The van der Waals surface area contributed by atoms with Crippen LogP contribution in [0.15, 0.2) is 27.1 Å². The second-order valence-electron chi connectivity index (χ2n) is 3.97. The predicted octanol–water partition coefficient (Wildman–Crippen LogP) is 3.82. The summed E-state index contributed by atoms with van der Waals surface area (Å²) in [6.45, 7) is 1.57. The molecule has 0 fully saturated rings. The maximum absolute atomic E-state index is 9.04. The Labute approximate surface area is 154 Å². The van der Waals surface area contributed by atoms with E-state index in [1.165, 1.54) is 16.9 Å². The molecule has 0 aliphatic carbocycles. The molecule has 3 rings (SSSR count). The molecular formula is C12H14O4S6. The summed E-state index contributed by atoms with van der Waals surface area (Å²) in [7, 11) is 0. The van der Waals surface area contributed by atoms with E-state index in [-0.39, 0.29) is 13.2 Å². The van der Waals surface area contributed by atoms with E-state index in [2.05, 4.69) is 0 Å². The molecule has 4 nitrogen and oxygen atoms in total. The van der Waals surface area contributed by atoms with Gasteiger partial charge < -0.3 is 19.7 Å². The monoisotopic (exact) mass is 414 g/mol. The maximum Gasteiger partial charge on any atom is 0.208 e. The Morgan fingerprint density at radius 1 is 0.773 bits per heavy atom. The molecule has 22 heavy (non-hydrogen) atoms. The number of thioether (sulfide) groups is 6. The number of rotatable bonds is 6. The molecule has 0 unspecified atom stereocenters. The van der Waals surface area contributed by atoms with Gasteiger partial charge >= 0.3 is 0 Å². The third-order valence-corrected chi connectivity index (χ3v) is 10.8. The van der Waals surface area contributed by atoms with Crippen molar-refractivity contribution in [3.8, 4) is 0 Å². The first kappa shape index (κ1) is 17.7. The standard InChI is InChI=1S/C12H14O4S6/c13-1-5-17-9-10(18-6-2-14)22-12(21-9)11-19-7-8(20-11)16-4-3-15-7/h13-14H,1-6H2. The second kappa shape index (κ2) is 8.80. The van der Waals surface area contributed by atoms with Gasteiger partial charge in [0, 0.05) is 11.5 Å². The van der Waals surface area contributed by atoms with E-state index in [1.807, 2.05) is 0 Å². The Hall–Kier alpha value is 0.840. The Balaban J connectivity index is 1.69. The van der Waals surface area contributed by atoms with Crippen LogP contribution >= 0.6 is 70.6 Å². The van der Waals surface area contributed by atoms with Crippen LogP contribution in [-0.4, -0.2) is 48.1 Å². The Kier molecular flexibility index (Phi) is 7.06. The zero-order chi connectivity index (χ0) is 15.4. The summed E-state index contributed by atoms with van der Waals surface area (Å²) in [5.74, 6) is 1.38. The minimum Gasteiger partial charge on any atom is -0.480 e. The van der Waals surface area contributed by atoms with E-state index < -0.39 is 0 Å². The Bertz CT molecular complexity index is 488. The topological polar surface area (TPSA) is 58.9 Å². The largest absolute Gasteiger partial charge is 0.480 e. The minimum absolute atomic E-state index is 0.171. The van der Waals surface area contributed by atoms with Crippen LogP contribution in [0.4, 0.5) is 0 Å². The van der Waals surface area contributed by atoms with Crippen LogP contribution in [0.3, 0.4) is 0 Å². The number of aliphatic hydroxyl groups excluding tert-OH is 2. The average Bonchev–Trinajstić information content (AvgIpc) is 3.14. The molecule has 2 N–H and O–H groups in total. The van der Waals surface area contributed by atoms with Crippen LogP contribution in [0, 0.1) is 0 Å². The molecule has 0 aromatic carbocycles. The second-order valence-corrected chi connectivity index (χ2v) is 11.2. The molecule has 0 bridgehead atoms. The third-order valence-electron chi connectivity index (χ3n) is 2.44. The Morgan fingerprint density at radius 2 is 1.23 bits per heavy atom. The van der Waals surface area contributed by atoms with Gasteiger partial charge in [0.2, 0.25) is 10.2 Å². The lowest BCUT2D eigenvalue weighted by molar-refractivity contribution is 0.0949. The van der Waals surface area contributed by atoms with Crippen molar-refractivity contribution in [1.29, 1.82) is 0 Å². The lowest BCUT2D eigenvalue weighted by Crippen LogP contribution is -2.08. The molecule has 0 atom stereocenters. The van der Waals surface area contributed by atoms with Crippen LogP contribution in [0.25, 0.3) is 0 Å². The molecule has 0 amide bonds. The molecule has 3 aliphatic heterocycles. The SMILES string of the molecule is OCCSC1=C(SCCO)SC(=C2SC3=C(OCCO3)S2)S1. The van der Waals surface area contributed by atoms with Crippen molar-refractivity contribution >= 4 is 70.6 Å². The fourth-order valence-corrected chi connectivity index (χ4v) is 9.67. The molecule has 0 spiro atoms. The van der Waals surface area contributed by atoms with Crippen molar-refractivity contribution in [2.24, 2.45) is 0 Å². The first-order valence-corrected chi connectivity index (χ1v) is 11.7. The third kappa shape index (κ3) is 4.27. The molecular weight excluding hydrogens is 401 g/mol. The van der Waals surface area contributed by atoms with Crippen molar-refractivity contribution in [3.05, 3.63) is 27.1 Å². The van der Waals surface area contributed by atoms with Gasteiger partial charge in [-0.2, -0.15) is 0 Å². The van der Waals surface area contributed by atoms with Gasteiger partial charge in [0.15, 0.2) is 0 Å². The highest BCUT2D eigenvalue weighted by molar-refractivity contribution is 8.42. The summed E-state index contributed by atoms with van der Waals surface area (Å²) in [6, 6.07) is 0. The minimum atomic E-state index is 0.171. The number of hydrogen-bond donors (Lipinski definition) is 2. The summed E-state index contributed by atoms with van der Waals surface area (Å²) in [4.78, 5) is 0. The smallest absolute Gasteiger partial charge is 0.208 e. The highest BCUT2D eigenvalue weighted by Gasteiger charge is 2.33. The molecule has 0 saturated heterocycles. The van der Waals surface area contributed by atoms with E-state index in [0.29, 0.717) is 24.7 Å². The van der Waals surface area contributed by atoms with Gasteiger partial charge in [-0.15, -0.1) is 23.5 Å². The van der Waals surface area contributed by atoms with Crippen molar-refractivity contribution in [1.82, 2.24) is 0 Å². The van der Waals surface area contributed by atoms with Gasteiger partial charge in [-0.05, 0) is 23.5 Å². The maximum atomic E-state index is 9.04. The van der Waals surface area contributed by atoms with Crippen LogP contribution in [0.1, 0.15) is 0 Å². The molecule has 0 radical (unpaired) electrons. The lowest BCUT2D eigenvalue weighted by Gasteiger charge is -2.13. The first-order valence-electron chi connectivity index (χ1n) is 6.49. The van der Waals surface area contributed by atoms with Crippen LogP contribution in [0.2, 0.25) is 0 Å². The van der Waals surface area contributed by atoms with Gasteiger partial charge in [0.05, 0.1) is 30.2 Å². The highest BCUT2D eigenvalue weighted by Crippen LogP contribution is 2.63. The first-order chi connectivity index (χ1) is 10.8. The molecule has 10 heteroatoms. The summed E-state index contributed by atoms with van der Waals surface area (Å²) in [5, 5.41) is 19.8. The zero-order valence-electron chi connectivity index (χ0n) is 11.4. The molecule has 122 valence electrons. The van der Waals surface area contributed by atoms with Crippen LogP contribution < -0.4 is 0 Å². The van der Waals surface area contributed by atoms with E-state index in [4.69, 9.17) is 19.7 Å². The van der Waals surface area contributed by atoms with Gasteiger partial charge in [0.25, 0.3) is 0 Å². The van der Waals surface area contributed by atoms with Crippen molar-refractivity contribution in [3.63, 3.8) is 0 Å². The average molecular weight is 415 g/mol. The number of hydrogen-bond acceptors (Lipinski definition) is 10. The Morgan fingerprint density at radius 3 is 1.68 bits per heavy atom.